The third kappa shape index (κ3) is 5.39. The first kappa shape index (κ1) is 21.6. The fraction of sp³-hybridized carbons (Fsp3) is 0.333. The molecule has 0 saturated carbocycles. The van der Waals surface area contributed by atoms with Crippen LogP contribution in [0.4, 0.5) is 0 Å². The van der Waals surface area contributed by atoms with Crippen LogP contribution in [0.3, 0.4) is 0 Å². The molecule has 0 spiro atoms. The molecule has 150 valence electrons. The zero-order valence-corrected chi connectivity index (χ0v) is 17.2. The van der Waals surface area contributed by atoms with E-state index in [1.807, 2.05) is 26.0 Å². The monoisotopic (exact) mass is 404 g/mol. The number of para-hydroxylation sites is 1. The van der Waals surface area contributed by atoms with Crippen molar-refractivity contribution in [3.63, 3.8) is 0 Å². The van der Waals surface area contributed by atoms with Gasteiger partial charge in [0.05, 0.1) is 14.2 Å². The van der Waals surface area contributed by atoms with Crippen LogP contribution in [0.1, 0.15) is 29.8 Å². The molecule has 1 atom stereocenters. The average Bonchev–Trinajstić information content (AvgIpc) is 2.69. The predicted octanol–water partition coefficient (Wildman–Crippen LogP) is 3.43. The van der Waals surface area contributed by atoms with Crippen LogP contribution in [0, 0.1) is 5.92 Å². The van der Waals surface area contributed by atoms with Gasteiger partial charge in [0, 0.05) is 22.7 Å². The Kier molecular flexibility index (Phi) is 7.70. The number of carbonyl (C=O) groups excluding carboxylic acids is 2. The van der Waals surface area contributed by atoms with Crippen LogP contribution in [0.25, 0.3) is 0 Å². The van der Waals surface area contributed by atoms with Crippen molar-refractivity contribution in [1.29, 1.82) is 0 Å². The fourth-order valence-electron chi connectivity index (χ4n) is 2.75. The fourth-order valence-corrected chi connectivity index (χ4v) is 2.87. The maximum Gasteiger partial charge on any atom is 0.251 e. The molecule has 0 aliphatic carbocycles. The van der Waals surface area contributed by atoms with Crippen molar-refractivity contribution in [1.82, 2.24) is 10.6 Å². The van der Waals surface area contributed by atoms with Gasteiger partial charge in [0.25, 0.3) is 5.91 Å². The number of ether oxygens (including phenoxy) is 2. The van der Waals surface area contributed by atoms with E-state index in [2.05, 4.69) is 10.6 Å². The van der Waals surface area contributed by atoms with E-state index >= 15 is 0 Å². The third-order valence-electron chi connectivity index (χ3n) is 4.28. The van der Waals surface area contributed by atoms with Gasteiger partial charge in [0.1, 0.15) is 6.04 Å². The molecule has 1 unspecified atom stereocenters. The highest BCUT2D eigenvalue weighted by Crippen LogP contribution is 2.30. The summed E-state index contributed by atoms with van der Waals surface area (Å²) in [6.45, 7) is 4.00. The lowest BCUT2D eigenvalue weighted by Crippen LogP contribution is -2.49. The van der Waals surface area contributed by atoms with E-state index in [9.17, 15) is 9.59 Å². The Morgan fingerprint density at radius 1 is 1.04 bits per heavy atom. The highest BCUT2D eigenvalue weighted by atomic mass is 35.5. The normalized spacial score (nSPS) is 11.6. The summed E-state index contributed by atoms with van der Waals surface area (Å²) in [6.07, 6.45) is 0. The van der Waals surface area contributed by atoms with Gasteiger partial charge in [0.2, 0.25) is 5.91 Å². The van der Waals surface area contributed by atoms with E-state index in [1.54, 1.807) is 44.6 Å². The number of benzene rings is 2. The lowest BCUT2D eigenvalue weighted by atomic mass is 10.0. The number of carbonyl (C=O) groups is 2. The van der Waals surface area contributed by atoms with Gasteiger partial charge >= 0.3 is 0 Å². The molecule has 0 bridgehead atoms. The molecule has 0 saturated heterocycles. The Bertz CT molecular complexity index is 822. The first-order chi connectivity index (χ1) is 13.4. The molecular weight excluding hydrogens is 380 g/mol. The zero-order chi connectivity index (χ0) is 20.7. The molecule has 2 aromatic rings. The Morgan fingerprint density at radius 3 is 2.29 bits per heavy atom. The van der Waals surface area contributed by atoms with Crippen molar-refractivity contribution in [2.75, 3.05) is 14.2 Å². The number of hydrogen-bond donors (Lipinski definition) is 2. The van der Waals surface area contributed by atoms with Crippen LogP contribution in [0.2, 0.25) is 5.02 Å². The predicted molar refractivity (Wildman–Crippen MR) is 109 cm³/mol. The van der Waals surface area contributed by atoms with Crippen LogP contribution in [-0.2, 0) is 11.3 Å². The highest BCUT2D eigenvalue weighted by Gasteiger charge is 2.25. The molecule has 7 heteroatoms. The largest absolute Gasteiger partial charge is 0.493 e. The molecule has 2 N–H and O–H groups in total. The number of halogens is 1. The summed E-state index contributed by atoms with van der Waals surface area (Å²) in [7, 11) is 3.10. The Hall–Kier alpha value is -2.73. The minimum atomic E-state index is -0.681. The van der Waals surface area contributed by atoms with Crippen molar-refractivity contribution in [2.24, 2.45) is 5.92 Å². The van der Waals surface area contributed by atoms with E-state index in [4.69, 9.17) is 21.1 Å². The van der Waals surface area contributed by atoms with E-state index in [1.165, 1.54) is 0 Å². The molecule has 0 aliphatic heterocycles. The topological polar surface area (TPSA) is 76.7 Å². The van der Waals surface area contributed by atoms with Gasteiger partial charge in [-0.15, -0.1) is 0 Å². The van der Waals surface area contributed by atoms with Gasteiger partial charge in [-0.3, -0.25) is 9.59 Å². The first-order valence-electron chi connectivity index (χ1n) is 8.91. The lowest BCUT2D eigenvalue weighted by molar-refractivity contribution is -0.124. The Balaban J connectivity index is 2.07. The number of hydrogen-bond acceptors (Lipinski definition) is 4. The molecular formula is C21H25ClN2O4. The summed E-state index contributed by atoms with van der Waals surface area (Å²) in [4.78, 5) is 25.2. The lowest BCUT2D eigenvalue weighted by Gasteiger charge is -2.22. The molecule has 0 fully saturated rings. The summed E-state index contributed by atoms with van der Waals surface area (Å²) in [5, 5.41) is 6.19. The summed E-state index contributed by atoms with van der Waals surface area (Å²) in [5.41, 5.74) is 1.22. The highest BCUT2D eigenvalue weighted by molar-refractivity contribution is 6.30. The minimum Gasteiger partial charge on any atom is -0.493 e. The average molecular weight is 405 g/mol. The van der Waals surface area contributed by atoms with Gasteiger partial charge in [-0.1, -0.05) is 37.6 Å². The molecule has 6 nitrogen and oxygen atoms in total. The molecule has 2 amide bonds. The van der Waals surface area contributed by atoms with Crippen molar-refractivity contribution in [3.8, 4) is 11.5 Å². The Labute approximate surface area is 170 Å². The zero-order valence-electron chi connectivity index (χ0n) is 16.4. The summed E-state index contributed by atoms with van der Waals surface area (Å²) < 4.78 is 10.7. The summed E-state index contributed by atoms with van der Waals surface area (Å²) in [6, 6.07) is 11.3. The van der Waals surface area contributed by atoms with Gasteiger partial charge in [-0.2, -0.15) is 0 Å². The van der Waals surface area contributed by atoms with Crippen LogP contribution < -0.4 is 20.1 Å². The van der Waals surface area contributed by atoms with Crippen LogP contribution in [0.5, 0.6) is 11.5 Å². The van der Waals surface area contributed by atoms with Crippen molar-refractivity contribution in [3.05, 3.63) is 58.6 Å². The van der Waals surface area contributed by atoms with E-state index < -0.39 is 6.04 Å². The van der Waals surface area contributed by atoms with E-state index in [0.29, 0.717) is 22.1 Å². The van der Waals surface area contributed by atoms with Gasteiger partial charge < -0.3 is 20.1 Å². The summed E-state index contributed by atoms with van der Waals surface area (Å²) >= 11 is 5.85. The van der Waals surface area contributed by atoms with Gasteiger partial charge in [-0.05, 0) is 36.2 Å². The second kappa shape index (κ2) is 9.99. The SMILES string of the molecule is COc1cccc(CNC(=O)C(NC(=O)c2ccc(Cl)cc2)C(C)C)c1OC. The van der Waals surface area contributed by atoms with Crippen LogP contribution in [0.15, 0.2) is 42.5 Å². The molecule has 0 aromatic heterocycles. The molecule has 2 aromatic carbocycles. The standard InChI is InChI=1S/C21H25ClN2O4/c1-13(2)18(24-20(25)14-8-10-16(22)11-9-14)21(26)23-12-15-6-5-7-17(27-3)19(15)28-4/h5-11,13,18H,12H2,1-4H3,(H,23,26)(H,24,25). The Morgan fingerprint density at radius 2 is 1.71 bits per heavy atom. The molecule has 0 heterocycles. The van der Waals surface area contributed by atoms with E-state index in [-0.39, 0.29) is 24.3 Å². The maximum absolute atomic E-state index is 12.7. The molecule has 28 heavy (non-hydrogen) atoms. The summed E-state index contributed by atoms with van der Waals surface area (Å²) in [5.74, 6) is 0.456. The van der Waals surface area contributed by atoms with Crippen molar-refractivity contribution >= 4 is 23.4 Å². The second-order valence-electron chi connectivity index (χ2n) is 6.57. The molecule has 0 aliphatic rings. The number of nitrogens with one attached hydrogen (secondary N) is 2. The van der Waals surface area contributed by atoms with Crippen molar-refractivity contribution < 1.29 is 19.1 Å². The smallest absolute Gasteiger partial charge is 0.251 e. The quantitative estimate of drug-likeness (QED) is 0.706. The van der Waals surface area contributed by atoms with Crippen molar-refractivity contribution in [2.45, 2.75) is 26.4 Å². The van der Waals surface area contributed by atoms with Crippen LogP contribution in [-0.4, -0.2) is 32.1 Å². The van der Waals surface area contributed by atoms with Crippen LogP contribution >= 0.6 is 11.6 Å². The first-order valence-corrected chi connectivity index (χ1v) is 9.29. The van der Waals surface area contributed by atoms with E-state index in [0.717, 1.165) is 5.56 Å². The molecule has 0 radical (unpaired) electrons. The van der Waals surface area contributed by atoms with Gasteiger partial charge in [-0.25, -0.2) is 0 Å². The number of rotatable bonds is 8. The minimum absolute atomic E-state index is 0.0940. The number of methoxy groups -OCH3 is 2. The maximum atomic E-state index is 12.7. The number of amides is 2. The third-order valence-corrected chi connectivity index (χ3v) is 4.53. The second-order valence-corrected chi connectivity index (χ2v) is 7.01. The molecule has 2 rings (SSSR count). The van der Waals surface area contributed by atoms with Gasteiger partial charge in [0.15, 0.2) is 11.5 Å².